The molecule has 2 N–H and O–H groups in total. The molecule has 1 aliphatic rings. The maximum Gasteiger partial charge on any atom is 0.354 e. The summed E-state index contributed by atoms with van der Waals surface area (Å²) < 4.78 is 0. The number of piperidine rings is 1. The van der Waals surface area contributed by atoms with E-state index in [-0.39, 0.29) is 5.69 Å². The van der Waals surface area contributed by atoms with Gasteiger partial charge in [0, 0.05) is 25.3 Å². The zero-order valence-electron chi connectivity index (χ0n) is 10.6. The topological polar surface area (TPSA) is 65.5 Å². The molecule has 1 saturated heterocycles. The van der Waals surface area contributed by atoms with E-state index in [2.05, 4.69) is 15.2 Å². The largest absolute Gasteiger partial charge is 0.477 e. The maximum absolute atomic E-state index is 10.9. The maximum atomic E-state index is 10.9. The van der Waals surface area contributed by atoms with Crippen LogP contribution in [0.25, 0.3) is 0 Å². The van der Waals surface area contributed by atoms with Crippen molar-refractivity contribution in [3.05, 3.63) is 29.6 Å². The van der Waals surface area contributed by atoms with Crippen LogP contribution in [0.4, 0.5) is 0 Å². The van der Waals surface area contributed by atoms with Crippen molar-refractivity contribution in [3.8, 4) is 0 Å². The Balaban J connectivity index is 2.00. The normalized spacial score (nSPS) is 20.8. The SMILES string of the molecule is CNC1CCCN(Cc2ccnc(C(=O)O)c2)C1. The highest BCUT2D eigenvalue weighted by molar-refractivity contribution is 5.85. The second kappa shape index (κ2) is 5.93. The number of likely N-dealkylation sites (tertiary alicyclic amines) is 1. The number of aromatic nitrogens is 1. The van der Waals surface area contributed by atoms with Gasteiger partial charge in [0.15, 0.2) is 0 Å². The molecule has 0 aromatic carbocycles. The molecule has 1 aromatic heterocycles. The lowest BCUT2D eigenvalue weighted by Gasteiger charge is -2.32. The Morgan fingerprint density at radius 1 is 1.67 bits per heavy atom. The number of nitrogens with zero attached hydrogens (tertiary/aromatic N) is 2. The van der Waals surface area contributed by atoms with Crippen molar-refractivity contribution in [2.24, 2.45) is 0 Å². The highest BCUT2D eigenvalue weighted by Gasteiger charge is 2.18. The molecule has 5 heteroatoms. The molecule has 2 rings (SSSR count). The lowest BCUT2D eigenvalue weighted by atomic mass is 10.1. The lowest BCUT2D eigenvalue weighted by molar-refractivity contribution is 0.0690. The molecule has 1 aromatic rings. The second-order valence-corrected chi connectivity index (χ2v) is 4.72. The first-order valence-electron chi connectivity index (χ1n) is 6.27. The van der Waals surface area contributed by atoms with E-state index in [1.165, 1.54) is 12.8 Å². The third-order valence-electron chi connectivity index (χ3n) is 3.36. The van der Waals surface area contributed by atoms with E-state index in [0.717, 1.165) is 25.2 Å². The van der Waals surface area contributed by atoms with Gasteiger partial charge in [-0.2, -0.15) is 0 Å². The van der Waals surface area contributed by atoms with Gasteiger partial charge >= 0.3 is 5.97 Å². The van der Waals surface area contributed by atoms with E-state index < -0.39 is 5.97 Å². The molecule has 1 atom stereocenters. The van der Waals surface area contributed by atoms with Gasteiger partial charge in [-0.1, -0.05) is 0 Å². The second-order valence-electron chi connectivity index (χ2n) is 4.72. The monoisotopic (exact) mass is 249 g/mol. The number of pyridine rings is 1. The van der Waals surface area contributed by atoms with E-state index in [0.29, 0.717) is 6.04 Å². The van der Waals surface area contributed by atoms with Crippen molar-refractivity contribution in [3.63, 3.8) is 0 Å². The van der Waals surface area contributed by atoms with E-state index in [1.807, 2.05) is 13.1 Å². The van der Waals surface area contributed by atoms with Crippen molar-refractivity contribution in [1.29, 1.82) is 0 Å². The molecule has 2 heterocycles. The number of likely N-dealkylation sites (N-methyl/N-ethyl adjacent to an activating group) is 1. The summed E-state index contributed by atoms with van der Waals surface area (Å²) >= 11 is 0. The Bertz CT molecular complexity index is 422. The molecule has 0 amide bonds. The standard InChI is InChI=1S/C13H19N3O2/c1-14-11-3-2-6-16(9-11)8-10-4-5-15-12(7-10)13(17)18/h4-5,7,11,14H,2-3,6,8-9H2,1H3,(H,17,18). The predicted octanol–water partition coefficient (Wildman–Crippen LogP) is 0.964. The van der Waals surface area contributed by atoms with Gasteiger partial charge in [0.2, 0.25) is 0 Å². The number of hydrogen-bond acceptors (Lipinski definition) is 4. The van der Waals surface area contributed by atoms with Gasteiger partial charge in [0.25, 0.3) is 0 Å². The van der Waals surface area contributed by atoms with Gasteiger partial charge < -0.3 is 10.4 Å². The minimum Gasteiger partial charge on any atom is -0.477 e. The number of carbonyl (C=O) groups is 1. The highest BCUT2D eigenvalue weighted by atomic mass is 16.4. The first-order valence-corrected chi connectivity index (χ1v) is 6.27. The third kappa shape index (κ3) is 3.27. The molecule has 0 saturated carbocycles. The smallest absolute Gasteiger partial charge is 0.354 e. The van der Waals surface area contributed by atoms with Gasteiger partial charge in [0.1, 0.15) is 5.69 Å². The summed E-state index contributed by atoms with van der Waals surface area (Å²) in [7, 11) is 1.99. The van der Waals surface area contributed by atoms with Crippen LogP contribution in [0.15, 0.2) is 18.3 Å². The molecule has 1 fully saturated rings. The Kier molecular flexibility index (Phi) is 4.28. The van der Waals surface area contributed by atoms with Crippen LogP contribution in [0.1, 0.15) is 28.9 Å². The Morgan fingerprint density at radius 3 is 3.22 bits per heavy atom. The van der Waals surface area contributed by atoms with Crippen molar-refractivity contribution < 1.29 is 9.90 Å². The quantitative estimate of drug-likeness (QED) is 0.832. The van der Waals surface area contributed by atoms with E-state index >= 15 is 0 Å². The number of hydrogen-bond donors (Lipinski definition) is 2. The minimum atomic E-state index is -0.969. The number of rotatable bonds is 4. The summed E-state index contributed by atoms with van der Waals surface area (Å²) in [6.45, 7) is 2.88. The van der Waals surface area contributed by atoms with Crippen LogP contribution in [0.2, 0.25) is 0 Å². The summed E-state index contributed by atoms with van der Waals surface area (Å²) in [6, 6.07) is 4.08. The summed E-state index contributed by atoms with van der Waals surface area (Å²) in [5.41, 5.74) is 1.13. The van der Waals surface area contributed by atoms with Gasteiger partial charge in [-0.05, 0) is 44.1 Å². The highest BCUT2D eigenvalue weighted by Crippen LogP contribution is 2.13. The van der Waals surface area contributed by atoms with Crippen molar-refractivity contribution in [2.45, 2.75) is 25.4 Å². The fourth-order valence-electron chi connectivity index (χ4n) is 2.38. The zero-order chi connectivity index (χ0) is 13.0. The van der Waals surface area contributed by atoms with Crippen molar-refractivity contribution in [2.75, 3.05) is 20.1 Å². The van der Waals surface area contributed by atoms with Crippen LogP contribution in [0.5, 0.6) is 0 Å². The summed E-state index contributed by atoms with van der Waals surface area (Å²) in [6.07, 6.45) is 3.96. The van der Waals surface area contributed by atoms with E-state index in [4.69, 9.17) is 5.11 Å². The molecule has 1 unspecified atom stereocenters. The average Bonchev–Trinajstić information content (AvgIpc) is 2.39. The minimum absolute atomic E-state index is 0.120. The van der Waals surface area contributed by atoms with Crippen molar-refractivity contribution in [1.82, 2.24) is 15.2 Å². The molecule has 0 radical (unpaired) electrons. The molecule has 0 aliphatic carbocycles. The Morgan fingerprint density at radius 2 is 2.50 bits per heavy atom. The predicted molar refractivity (Wildman–Crippen MR) is 68.6 cm³/mol. The summed E-state index contributed by atoms with van der Waals surface area (Å²) in [5, 5.41) is 12.2. The van der Waals surface area contributed by atoms with Crippen LogP contribution >= 0.6 is 0 Å². The average molecular weight is 249 g/mol. The van der Waals surface area contributed by atoms with Gasteiger partial charge in [-0.3, -0.25) is 4.90 Å². The molecule has 0 spiro atoms. The molecule has 0 bridgehead atoms. The molecule has 98 valence electrons. The van der Waals surface area contributed by atoms with Crippen LogP contribution in [0.3, 0.4) is 0 Å². The molecular formula is C13H19N3O2. The fraction of sp³-hybridized carbons (Fsp3) is 0.538. The number of carboxylic acids is 1. The zero-order valence-corrected chi connectivity index (χ0v) is 10.6. The van der Waals surface area contributed by atoms with Gasteiger partial charge in [-0.25, -0.2) is 9.78 Å². The van der Waals surface area contributed by atoms with Gasteiger partial charge in [-0.15, -0.1) is 0 Å². The van der Waals surface area contributed by atoms with E-state index in [1.54, 1.807) is 12.3 Å². The first kappa shape index (κ1) is 13.0. The first-order chi connectivity index (χ1) is 8.69. The fourth-order valence-corrected chi connectivity index (χ4v) is 2.38. The number of aromatic carboxylic acids is 1. The van der Waals surface area contributed by atoms with Gasteiger partial charge in [0.05, 0.1) is 0 Å². The number of nitrogens with one attached hydrogen (secondary N) is 1. The summed E-state index contributed by atoms with van der Waals surface area (Å²) in [4.78, 5) is 17.0. The third-order valence-corrected chi connectivity index (χ3v) is 3.36. The van der Waals surface area contributed by atoms with Crippen LogP contribution in [-0.2, 0) is 6.54 Å². The lowest BCUT2D eigenvalue weighted by Crippen LogP contribution is -2.43. The molecule has 1 aliphatic heterocycles. The van der Waals surface area contributed by atoms with Crippen LogP contribution in [-0.4, -0.2) is 47.1 Å². The summed E-state index contributed by atoms with van der Waals surface area (Å²) in [5.74, 6) is -0.969. The van der Waals surface area contributed by atoms with Crippen LogP contribution < -0.4 is 5.32 Å². The molecular weight excluding hydrogens is 230 g/mol. The Labute approximate surface area is 107 Å². The van der Waals surface area contributed by atoms with Crippen LogP contribution in [0, 0.1) is 0 Å². The molecule has 18 heavy (non-hydrogen) atoms. The Hall–Kier alpha value is -1.46. The molecule has 5 nitrogen and oxygen atoms in total. The van der Waals surface area contributed by atoms with E-state index in [9.17, 15) is 4.79 Å². The van der Waals surface area contributed by atoms with Crippen molar-refractivity contribution >= 4 is 5.97 Å². The number of carboxylic acid groups (broad SMARTS) is 1.